The number of hydrogen-bond donors (Lipinski definition) is 1. The van der Waals surface area contributed by atoms with Gasteiger partial charge in [-0.2, -0.15) is 0 Å². The third kappa shape index (κ3) is 3.20. The molecule has 0 atom stereocenters. The lowest BCUT2D eigenvalue weighted by Crippen LogP contribution is -2.26. The average molecular weight is 329 g/mol. The predicted octanol–water partition coefficient (Wildman–Crippen LogP) is 3.33. The molecule has 0 aliphatic heterocycles. The lowest BCUT2D eigenvalue weighted by atomic mass is 10.2. The van der Waals surface area contributed by atoms with E-state index in [2.05, 4.69) is 20.9 Å². The molecule has 0 aliphatic rings. The monoisotopic (exact) mass is 328 g/mol. The van der Waals surface area contributed by atoms with Crippen LogP contribution in [-0.2, 0) is 6.54 Å². The van der Waals surface area contributed by atoms with Crippen molar-refractivity contribution >= 4 is 21.8 Å². The van der Waals surface area contributed by atoms with Gasteiger partial charge in [0.2, 0.25) is 0 Å². The third-order valence-corrected chi connectivity index (χ3v) is 3.09. The van der Waals surface area contributed by atoms with Crippen molar-refractivity contribution in [2.45, 2.75) is 6.54 Å². The van der Waals surface area contributed by atoms with Gasteiger partial charge in [0.25, 0.3) is 5.91 Å². The number of amides is 1. The maximum absolute atomic E-state index is 13.1. The summed E-state index contributed by atoms with van der Waals surface area (Å²) in [6.07, 6.45) is 1.65. The average Bonchev–Trinajstić information content (AvgIpc) is 2.79. The minimum atomic E-state index is -0.916. The maximum Gasteiger partial charge on any atom is 0.270 e. The smallest absolute Gasteiger partial charge is 0.270 e. The van der Waals surface area contributed by atoms with Gasteiger partial charge in [0.15, 0.2) is 11.6 Å². The minimum Gasteiger partial charge on any atom is -0.356 e. The minimum absolute atomic E-state index is 0.201. The van der Waals surface area contributed by atoms with E-state index >= 15 is 0 Å². The number of H-pyrrole nitrogens is 1. The van der Waals surface area contributed by atoms with E-state index in [1.165, 1.54) is 11.0 Å². The van der Waals surface area contributed by atoms with Crippen molar-refractivity contribution in [2.75, 3.05) is 7.05 Å². The van der Waals surface area contributed by atoms with Crippen molar-refractivity contribution in [1.29, 1.82) is 0 Å². The van der Waals surface area contributed by atoms with E-state index in [4.69, 9.17) is 0 Å². The summed E-state index contributed by atoms with van der Waals surface area (Å²) < 4.78 is 26.6. The molecule has 0 bridgehead atoms. The lowest BCUT2D eigenvalue weighted by Gasteiger charge is -2.16. The quantitative estimate of drug-likeness (QED) is 0.921. The van der Waals surface area contributed by atoms with Gasteiger partial charge in [0, 0.05) is 24.3 Å². The second-order valence-electron chi connectivity index (χ2n) is 4.14. The first-order valence-corrected chi connectivity index (χ1v) is 6.30. The molecule has 6 heteroatoms. The van der Waals surface area contributed by atoms with Crippen LogP contribution in [0.5, 0.6) is 0 Å². The van der Waals surface area contributed by atoms with Crippen LogP contribution in [-0.4, -0.2) is 22.8 Å². The number of hydrogen-bond acceptors (Lipinski definition) is 1. The van der Waals surface area contributed by atoms with Crippen molar-refractivity contribution in [3.8, 4) is 0 Å². The van der Waals surface area contributed by atoms with Gasteiger partial charge in [0.05, 0.1) is 0 Å². The summed E-state index contributed by atoms with van der Waals surface area (Å²) in [5, 5.41) is 0. The Balaban J connectivity index is 2.10. The van der Waals surface area contributed by atoms with Gasteiger partial charge >= 0.3 is 0 Å². The van der Waals surface area contributed by atoms with Crippen LogP contribution in [0, 0.1) is 11.6 Å². The summed E-state index contributed by atoms with van der Waals surface area (Å²) in [5.41, 5.74) is 0.956. The SMILES string of the molecule is CN(Cc1ccc(F)c(F)c1)C(=O)c1cc(Br)c[nH]1. The van der Waals surface area contributed by atoms with Crippen molar-refractivity contribution in [2.24, 2.45) is 0 Å². The molecule has 0 unspecified atom stereocenters. The van der Waals surface area contributed by atoms with Crippen molar-refractivity contribution in [3.05, 3.63) is 57.8 Å². The van der Waals surface area contributed by atoms with E-state index in [1.807, 2.05) is 0 Å². The molecule has 1 heterocycles. The van der Waals surface area contributed by atoms with Crippen LogP contribution >= 0.6 is 15.9 Å². The van der Waals surface area contributed by atoms with Gasteiger partial charge in [0.1, 0.15) is 5.69 Å². The standard InChI is InChI=1S/C13H11BrF2N2O/c1-18(13(19)12-5-9(14)6-17-12)7-8-2-3-10(15)11(16)4-8/h2-6,17H,7H2,1H3. The molecular weight excluding hydrogens is 318 g/mol. The number of benzene rings is 1. The van der Waals surface area contributed by atoms with Crippen LogP contribution in [0.1, 0.15) is 16.1 Å². The second-order valence-corrected chi connectivity index (χ2v) is 5.06. The zero-order valence-corrected chi connectivity index (χ0v) is 11.7. The highest BCUT2D eigenvalue weighted by Gasteiger charge is 2.14. The third-order valence-electron chi connectivity index (χ3n) is 2.63. The van der Waals surface area contributed by atoms with Crippen LogP contribution in [0.15, 0.2) is 34.9 Å². The molecule has 1 N–H and O–H groups in total. The number of rotatable bonds is 3. The van der Waals surface area contributed by atoms with Crippen LogP contribution < -0.4 is 0 Å². The number of carbonyl (C=O) groups is 1. The summed E-state index contributed by atoms with van der Waals surface area (Å²) in [6.45, 7) is 0.201. The summed E-state index contributed by atoms with van der Waals surface area (Å²) >= 11 is 3.24. The Kier molecular flexibility index (Phi) is 3.99. The highest BCUT2D eigenvalue weighted by Crippen LogP contribution is 2.14. The maximum atomic E-state index is 13.1. The van der Waals surface area contributed by atoms with E-state index in [0.29, 0.717) is 11.3 Å². The largest absolute Gasteiger partial charge is 0.356 e. The molecule has 2 rings (SSSR count). The van der Waals surface area contributed by atoms with Crippen LogP contribution in [0.2, 0.25) is 0 Å². The van der Waals surface area contributed by atoms with Crippen LogP contribution in [0.3, 0.4) is 0 Å². The Morgan fingerprint density at radius 3 is 2.63 bits per heavy atom. The van der Waals surface area contributed by atoms with Crippen molar-refractivity contribution in [3.63, 3.8) is 0 Å². The number of carbonyl (C=O) groups excluding carboxylic acids is 1. The molecule has 0 aliphatic carbocycles. The molecule has 1 amide bonds. The fraction of sp³-hybridized carbons (Fsp3) is 0.154. The fourth-order valence-electron chi connectivity index (χ4n) is 1.68. The first-order valence-electron chi connectivity index (χ1n) is 5.50. The Morgan fingerprint density at radius 1 is 1.32 bits per heavy atom. The highest BCUT2D eigenvalue weighted by atomic mass is 79.9. The highest BCUT2D eigenvalue weighted by molar-refractivity contribution is 9.10. The number of aromatic nitrogens is 1. The summed E-state index contributed by atoms with van der Waals surface area (Å²) in [5.74, 6) is -2.04. The van der Waals surface area contributed by atoms with E-state index in [0.717, 1.165) is 16.6 Å². The Bertz CT molecular complexity index is 612. The summed E-state index contributed by atoms with van der Waals surface area (Å²) in [6, 6.07) is 5.24. The zero-order chi connectivity index (χ0) is 14.0. The van der Waals surface area contributed by atoms with Gasteiger partial charge in [-0.25, -0.2) is 8.78 Å². The Morgan fingerprint density at radius 2 is 2.05 bits per heavy atom. The summed E-state index contributed by atoms with van der Waals surface area (Å²) in [7, 11) is 1.60. The fourth-order valence-corrected chi connectivity index (χ4v) is 2.02. The van der Waals surface area contributed by atoms with Gasteiger partial charge in [-0.05, 0) is 39.7 Å². The molecule has 19 heavy (non-hydrogen) atoms. The summed E-state index contributed by atoms with van der Waals surface area (Å²) in [4.78, 5) is 16.3. The molecular formula is C13H11BrF2N2O. The van der Waals surface area contributed by atoms with Gasteiger partial charge < -0.3 is 9.88 Å². The van der Waals surface area contributed by atoms with Gasteiger partial charge in [-0.15, -0.1) is 0 Å². The molecule has 0 radical (unpaired) electrons. The molecule has 1 aromatic carbocycles. The molecule has 0 saturated carbocycles. The van der Waals surface area contributed by atoms with Crippen LogP contribution in [0.25, 0.3) is 0 Å². The first-order chi connectivity index (χ1) is 8.97. The number of nitrogens with zero attached hydrogens (tertiary/aromatic N) is 1. The molecule has 0 fully saturated rings. The molecule has 0 spiro atoms. The normalized spacial score (nSPS) is 10.5. The number of nitrogens with one attached hydrogen (secondary N) is 1. The van der Waals surface area contributed by atoms with E-state index in [9.17, 15) is 13.6 Å². The van der Waals surface area contributed by atoms with Gasteiger partial charge in [-0.3, -0.25) is 4.79 Å². The molecule has 2 aromatic rings. The van der Waals surface area contributed by atoms with Crippen molar-refractivity contribution < 1.29 is 13.6 Å². The topological polar surface area (TPSA) is 36.1 Å². The predicted molar refractivity (Wildman–Crippen MR) is 70.6 cm³/mol. The molecule has 100 valence electrons. The van der Waals surface area contributed by atoms with Crippen molar-refractivity contribution in [1.82, 2.24) is 9.88 Å². The molecule has 1 aromatic heterocycles. The number of aromatic amines is 1. The number of halogens is 3. The Labute approximate surface area is 117 Å². The lowest BCUT2D eigenvalue weighted by molar-refractivity contribution is 0.0780. The molecule has 3 nitrogen and oxygen atoms in total. The van der Waals surface area contributed by atoms with E-state index in [1.54, 1.807) is 19.3 Å². The van der Waals surface area contributed by atoms with E-state index < -0.39 is 11.6 Å². The van der Waals surface area contributed by atoms with E-state index in [-0.39, 0.29) is 12.5 Å². The zero-order valence-electron chi connectivity index (χ0n) is 10.1. The second kappa shape index (κ2) is 5.52. The van der Waals surface area contributed by atoms with Crippen LogP contribution in [0.4, 0.5) is 8.78 Å². The molecule has 0 saturated heterocycles. The first kappa shape index (κ1) is 13.7. The Hall–Kier alpha value is -1.69. The van der Waals surface area contributed by atoms with Gasteiger partial charge in [-0.1, -0.05) is 6.07 Å².